The quantitative estimate of drug-likeness (QED) is 0.598. The number of piperidine rings is 1. The van der Waals surface area contributed by atoms with Crippen molar-refractivity contribution in [2.45, 2.75) is 31.2 Å². The molecule has 178 valence electrons. The Kier molecular flexibility index (Phi) is 6.73. The number of quaternary nitrogens is 1. The van der Waals surface area contributed by atoms with E-state index in [1.165, 1.54) is 4.31 Å². The molecule has 0 bridgehead atoms. The number of nitrogens with one attached hydrogen (secondary N) is 2. The third-order valence-corrected chi connectivity index (χ3v) is 7.68. The number of carbonyl (C=O) groups excluding carboxylic acids is 1. The van der Waals surface area contributed by atoms with E-state index < -0.39 is 15.9 Å². The minimum atomic E-state index is -3.86. The van der Waals surface area contributed by atoms with Crippen LogP contribution in [0.5, 0.6) is 11.5 Å². The normalized spacial score (nSPS) is 18.8. The van der Waals surface area contributed by atoms with Crippen LogP contribution in [0.2, 0.25) is 0 Å². The first-order valence-corrected chi connectivity index (χ1v) is 12.3. The molecule has 4 rings (SSSR count). The van der Waals surface area contributed by atoms with Crippen molar-refractivity contribution in [2.75, 3.05) is 34.0 Å². The van der Waals surface area contributed by atoms with Crippen LogP contribution < -0.4 is 19.7 Å². The number of amides is 1. The Hall–Kier alpha value is -2.89. The van der Waals surface area contributed by atoms with Crippen LogP contribution in [0.15, 0.2) is 33.8 Å². The number of fused-ring (bicyclic) bond motifs is 1. The second kappa shape index (κ2) is 9.54. The highest BCUT2D eigenvalue weighted by Crippen LogP contribution is 2.32. The number of hydrogen-bond donors (Lipinski definition) is 2. The second-order valence-electron chi connectivity index (χ2n) is 8.48. The number of sulfonamides is 1. The molecule has 10 nitrogen and oxygen atoms in total. The lowest BCUT2D eigenvalue weighted by molar-refractivity contribution is -0.800. The molecule has 3 heterocycles. The molecule has 1 aromatic carbocycles. The highest BCUT2D eigenvalue weighted by Gasteiger charge is 2.37. The molecule has 1 atom stereocenters. The summed E-state index contributed by atoms with van der Waals surface area (Å²) in [6, 6.07) is 5.51. The molecule has 0 radical (unpaired) electrons. The maximum Gasteiger partial charge on any atom is 0.248 e. The van der Waals surface area contributed by atoms with Crippen molar-refractivity contribution in [3.05, 3.63) is 41.4 Å². The molecular weight excluding hydrogens is 448 g/mol. The van der Waals surface area contributed by atoms with E-state index in [0.29, 0.717) is 43.1 Å². The molecule has 2 N–H and O–H groups in total. The largest absolute Gasteiger partial charge is 0.454 e. The number of nitrogens with zero attached hydrogens (tertiary/aromatic N) is 2. The van der Waals surface area contributed by atoms with Gasteiger partial charge in [-0.1, -0.05) is 11.2 Å². The predicted octanol–water partition coefficient (Wildman–Crippen LogP) is 0.544. The fraction of sp³-hybridized carbons (Fsp3) is 0.455. The van der Waals surface area contributed by atoms with Gasteiger partial charge in [-0.25, -0.2) is 8.42 Å². The molecule has 1 aromatic heterocycles. The molecular formula is C22H29N4O6S+. The van der Waals surface area contributed by atoms with Gasteiger partial charge in [0.05, 0.1) is 26.2 Å². The van der Waals surface area contributed by atoms with Crippen LogP contribution in [0.25, 0.3) is 6.08 Å². The van der Waals surface area contributed by atoms with Crippen molar-refractivity contribution in [1.82, 2.24) is 14.8 Å². The number of ether oxygens (including phenoxy) is 2. The molecule has 0 spiro atoms. The van der Waals surface area contributed by atoms with Gasteiger partial charge >= 0.3 is 0 Å². The Bertz CT molecular complexity index is 1160. The number of hydrogen-bond acceptors (Lipinski definition) is 7. The van der Waals surface area contributed by atoms with E-state index in [-0.39, 0.29) is 29.9 Å². The van der Waals surface area contributed by atoms with Gasteiger partial charge in [-0.05, 0) is 37.5 Å². The zero-order valence-electron chi connectivity index (χ0n) is 19.0. The Morgan fingerprint density at radius 1 is 1.30 bits per heavy atom. The molecule has 2 aromatic rings. The summed E-state index contributed by atoms with van der Waals surface area (Å²) in [5.74, 6) is 0.923. The van der Waals surface area contributed by atoms with Gasteiger partial charge in [-0.2, -0.15) is 4.31 Å². The van der Waals surface area contributed by atoms with Crippen molar-refractivity contribution >= 4 is 22.0 Å². The first-order chi connectivity index (χ1) is 15.8. The van der Waals surface area contributed by atoms with Gasteiger partial charge in [-0.15, -0.1) is 0 Å². The van der Waals surface area contributed by atoms with E-state index in [4.69, 9.17) is 14.0 Å². The minimum absolute atomic E-state index is 0.0569. The molecule has 33 heavy (non-hydrogen) atoms. The van der Waals surface area contributed by atoms with E-state index in [9.17, 15) is 13.2 Å². The third-order valence-electron chi connectivity index (χ3n) is 5.66. The van der Waals surface area contributed by atoms with Gasteiger partial charge in [0, 0.05) is 25.7 Å². The van der Waals surface area contributed by atoms with Crippen molar-refractivity contribution in [3.8, 4) is 11.5 Å². The molecule has 0 aliphatic carbocycles. The first kappa shape index (κ1) is 23.3. The minimum Gasteiger partial charge on any atom is -0.454 e. The van der Waals surface area contributed by atoms with Gasteiger partial charge in [0.25, 0.3) is 0 Å². The van der Waals surface area contributed by atoms with Gasteiger partial charge in [0.2, 0.25) is 22.7 Å². The summed E-state index contributed by atoms with van der Waals surface area (Å²) in [7, 11) is -0.0460. The molecule has 11 heteroatoms. The SMILES string of the molecule is Cc1noc(C=C[NH+](C)C)c1S(=O)(=O)N1CCCC(C(=O)NCc2ccc3c(c2)OCO3)C1. The second-order valence-corrected chi connectivity index (χ2v) is 10.4. The maximum atomic E-state index is 13.4. The van der Waals surface area contributed by atoms with E-state index in [1.807, 2.05) is 32.3 Å². The average molecular weight is 478 g/mol. The fourth-order valence-corrected chi connectivity index (χ4v) is 5.70. The van der Waals surface area contributed by atoms with E-state index >= 15 is 0 Å². The van der Waals surface area contributed by atoms with Crippen LogP contribution in [-0.2, 0) is 21.4 Å². The lowest BCUT2D eigenvalue weighted by Gasteiger charge is -2.31. The van der Waals surface area contributed by atoms with Gasteiger partial charge in [-0.3, -0.25) is 4.79 Å². The van der Waals surface area contributed by atoms with Gasteiger partial charge in [0.15, 0.2) is 22.2 Å². The monoisotopic (exact) mass is 477 g/mol. The Morgan fingerprint density at radius 3 is 2.88 bits per heavy atom. The average Bonchev–Trinajstić information content (AvgIpc) is 3.42. The number of benzene rings is 1. The van der Waals surface area contributed by atoms with Gasteiger partial charge < -0.3 is 24.2 Å². The zero-order chi connectivity index (χ0) is 23.6. The first-order valence-electron chi connectivity index (χ1n) is 10.9. The third kappa shape index (κ3) is 5.05. The van der Waals surface area contributed by atoms with Crippen molar-refractivity contribution in [1.29, 1.82) is 0 Å². The molecule has 1 saturated heterocycles. The summed E-state index contributed by atoms with van der Waals surface area (Å²) >= 11 is 0. The summed E-state index contributed by atoms with van der Waals surface area (Å²) in [6.45, 7) is 2.58. The molecule has 0 saturated carbocycles. The number of aryl methyl sites for hydroxylation is 1. The smallest absolute Gasteiger partial charge is 0.248 e. The van der Waals surface area contributed by atoms with Crippen LogP contribution >= 0.6 is 0 Å². The van der Waals surface area contributed by atoms with Crippen LogP contribution in [0.4, 0.5) is 0 Å². The van der Waals surface area contributed by atoms with Crippen LogP contribution in [0.3, 0.4) is 0 Å². The molecule has 1 fully saturated rings. The summed E-state index contributed by atoms with van der Waals surface area (Å²) in [4.78, 5) is 13.9. The Balaban J connectivity index is 1.43. The molecule has 2 aliphatic rings. The number of rotatable bonds is 7. The van der Waals surface area contributed by atoms with Crippen molar-refractivity contribution < 1.29 is 32.1 Å². The van der Waals surface area contributed by atoms with Crippen LogP contribution in [0, 0.1) is 12.8 Å². The molecule has 2 aliphatic heterocycles. The van der Waals surface area contributed by atoms with E-state index in [2.05, 4.69) is 10.5 Å². The summed E-state index contributed by atoms with van der Waals surface area (Å²) < 4.78 is 44.1. The topological polar surface area (TPSA) is 115 Å². The lowest BCUT2D eigenvalue weighted by atomic mass is 9.98. The summed E-state index contributed by atoms with van der Waals surface area (Å²) in [6.07, 6.45) is 4.61. The predicted molar refractivity (Wildman–Crippen MR) is 119 cm³/mol. The molecule has 1 amide bonds. The van der Waals surface area contributed by atoms with Gasteiger partial charge in [0.1, 0.15) is 5.69 Å². The Labute approximate surface area is 193 Å². The number of carbonyl (C=O) groups is 1. The molecule has 1 unspecified atom stereocenters. The summed E-state index contributed by atoms with van der Waals surface area (Å²) in [5.41, 5.74) is 1.19. The highest BCUT2D eigenvalue weighted by atomic mass is 32.2. The number of aromatic nitrogens is 1. The van der Waals surface area contributed by atoms with Crippen LogP contribution in [-0.4, -0.2) is 57.8 Å². The van der Waals surface area contributed by atoms with E-state index in [1.54, 1.807) is 19.2 Å². The van der Waals surface area contributed by atoms with Crippen molar-refractivity contribution in [2.24, 2.45) is 5.92 Å². The lowest BCUT2D eigenvalue weighted by Crippen LogP contribution is -3.00. The maximum absolute atomic E-state index is 13.4. The highest BCUT2D eigenvalue weighted by molar-refractivity contribution is 7.89. The zero-order valence-corrected chi connectivity index (χ0v) is 19.8. The standard InChI is InChI=1S/C22H28N4O6S/c1-15-21(19(32-24-15)8-10-25(2)3)33(28,29)26-9-4-5-17(13-26)22(27)23-12-16-6-7-18-20(11-16)31-14-30-18/h6-8,10-11,17H,4-5,9,12-14H2,1-3H3,(H,23,27)/p+1. The van der Waals surface area contributed by atoms with E-state index in [0.717, 1.165) is 10.5 Å². The summed E-state index contributed by atoms with van der Waals surface area (Å²) in [5, 5.41) is 6.78. The van der Waals surface area contributed by atoms with Crippen LogP contribution in [0.1, 0.15) is 29.9 Å². The fourth-order valence-electron chi connectivity index (χ4n) is 3.93. The van der Waals surface area contributed by atoms with Crippen molar-refractivity contribution in [3.63, 3.8) is 0 Å². The Morgan fingerprint density at radius 2 is 2.09 bits per heavy atom.